The van der Waals surface area contributed by atoms with E-state index in [2.05, 4.69) is 53.3 Å². The first-order valence-electron chi connectivity index (χ1n) is 32.7. The van der Waals surface area contributed by atoms with Gasteiger partial charge in [0.05, 0.1) is 85.9 Å². The largest absolute Gasteiger partial charge is 0.474 e. The van der Waals surface area contributed by atoms with Crippen LogP contribution in [0.15, 0.2) is 61.4 Å². The normalized spacial score (nSPS) is 18.2. The molecule has 0 aromatic carbocycles. The minimum atomic E-state index is -0.606. The van der Waals surface area contributed by atoms with Gasteiger partial charge in [0.1, 0.15) is 58.2 Å². The number of amides is 3. The van der Waals surface area contributed by atoms with Crippen LogP contribution in [0, 0.1) is 0 Å². The van der Waals surface area contributed by atoms with E-state index in [-0.39, 0.29) is 79.9 Å². The molecule has 25 heteroatoms. The molecule has 25 nitrogen and oxygen atoms in total. The maximum absolute atomic E-state index is 15.2. The number of fused-ring (bicyclic) bond motifs is 3. The minimum absolute atomic E-state index is 0.00499. The number of H-pyrrole nitrogens is 3. The Balaban J connectivity index is 0.761. The van der Waals surface area contributed by atoms with Gasteiger partial charge in [-0.3, -0.25) is 29.7 Å². The average Bonchev–Trinajstić information content (AvgIpc) is 1.63. The second kappa shape index (κ2) is 25.8. The third kappa shape index (κ3) is 11.9. The summed E-state index contributed by atoms with van der Waals surface area (Å²) in [5.74, 6) is 0.818. The second-order valence-corrected chi connectivity index (χ2v) is 25.9. The van der Waals surface area contributed by atoms with E-state index in [1.54, 1.807) is 30.5 Å². The van der Waals surface area contributed by atoms with Gasteiger partial charge in [-0.1, -0.05) is 0 Å². The second-order valence-electron chi connectivity index (χ2n) is 25.9. The molecular formula is C67H81N15O10. The Morgan fingerprint density at radius 2 is 1.15 bits per heavy atom. The number of carbonyl (C=O) groups is 3. The van der Waals surface area contributed by atoms with Crippen molar-refractivity contribution in [2.45, 2.75) is 154 Å². The molecule has 9 aromatic rings. The fraction of sp³-hybridized carbons (Fsp3) is 0.507. The molecule has 92 heavy (non-hydrogen) atoms. The summed E-state index contributed by atoms with van der Waals surface area (Å²) in [7, 11) is 1.78. The molecule has 5 fully saturated rings. The Kier molecular flexibility index (Phi) is 17.1. The van der Waals surface area contributed by atoms with Crippen molar-refractivity contribution in [3.63, 3.8) is 0 Å². The maximum Gasteiger partial charge on any atom is 0.270 e. The summed E-state index contributed by atoms with van der Waals surface area (Å²) in [6.45, 7) is 16.9. The number of hydrogen-bond donors (Lipinski definition) is 4. The van der Waals surface area contributed by atoms with Gasteiger partial charge in [0.2, 0.25) is 17.6 Å². The van der Waals surface area contributed by atoms with Crippen LogP contribution in [0.2, 0.25) is 0 Å². The summed E-state index contributed by atoms with van der Waals surface area (Å²) in [5.41, 5.74) is 9.07. The van der Waals surface area contributed by atoms with E-state index in [0.717, 1.165) is 54.1 Å². The highest BCUT2D eigenvalue weighted by Gasteiger charge is 2.35. The van der Waals surface area contributed by atoms with Crippen LogP contribution in [-0.2, 0) is 25.5 Å². The van der Waals surface area contributed by atoms with Crippen molar-refractivity contribution in [3.05, 3.63) is 89.7 Å². The smallest absolute Gasteiger partial charge is 0.270 e. The number of pyridine rings is 3. The van der Waals surface area contributed by atoms with Gasteiger partial charge in [-0.2, -0.15) is 15.3 Å². The van der Waals surface area contributed by atoms with E-state index >= 15 is 9.59 Å². The number of aromatic nitrogens is 12. The number of morpholine rings is 1. The summed E-state index contributed by atoms with van der Waals surface area (Å²) >= 11 is 0. The lowest BCUT2D eigenvalue weighted by Gasteiger charge is -2.33. The highest BCUT2D eigenvalue weighted by atomic mass is 16.5. The molecule has 1 atom stereocenters. The third-order valence-corrected chi connectivity index (χ3v) is 18.6. The number of hydrogen-bond acceptors (Lipinski definition) is 16. The third-order valence-electron chi connectivity index (χ3n) is 18.6. The van der Waals surface area contributed by atoms with E-state index in [4.69, 9.17) is 58.4 Å². The lowest BCUT2D eigenvalue weighted by Crippen LogP contribution is -2.43. The molecule has 14 rings (SSSR count). The molecule has 4 saturated heterocycles. The van der Waals surface area contributed by atoms with Crippen LogP contribution in [0.3, 0.4) is 0 Å². The van der Waals surface area contributed by atoms with Crippen LogP contribution < -0.4 is 19.5 Å². The highest BCUT2D eigenvalue weighted by molar-refractivity contribution is 6.03. The number of rotatable bonds is 19. The van der Waals surface area contributed by atoms with Gasteiger partial charge in [0.15, 0.2) is 0 Å². The zero-order chi connectivity index (χ0) is 63.3. The molecule has 5 aliphatic rings. The topological polar surface area (TPSA) is 274 Å². The van der Waals surface area contributed by atoms with Crippen LogP contribution >= 0.6 is 0 Å². The summed E-state index contributed by atoms with van der Waals surface area (Å²) in [6.07, 6.45) is 17.6. The van der Waals surface area contributed by atoms with Crippen molar-refractivity contribution in [2.75, 3.05) is 66.4 Å². The number of carbonyl (C=O) groups excluding carboxylic acids is 3. The van der Waals surface area contributed by atoms with Gasteiger partial charge >= 0.3 is 0 Å². The molecule has 1 unspecified atom stereocenters. The summed E-state index contributed by atoms with van der Waals surface area (Å²) in [5, 5.41) is 29.8. The van der Waals surface area contributed by atoms with Crippen molar-refractivity contribution < 1.29 is 47.5 Å². The van der Waals surface area contributed by atoms with Crippen molar-refractivity contribution in [3.8, 4) is 51.4 Å². The summed E-state index contributed by atoms with van der Waals surface area (Å²) in [6, 6.07) is 7.58. The van der Waals surface area contributed by atoms with Crippen molar-refractivity contribution >= 4 is 50.4 Å². The highest BCUT2D eigenvalue weighted by Crippen LogP contribution is 2.42. The van der Waals surface area contributed by atoms with E-state index < -0.39 is 6.10 Å². The van der Waals surface area contributed by atoms with Crippen LogP contribution in [0.5, 0.6) is 17.6 Å². The van der Waals surface area contributed by atoms with E-state index in [0.29, 0.717) is 162 Å². The fourth-order valence-corrected chi connectivity index (χ4v) is 13.3. The lowest BCUT2D eigenvalue weighted by atomic mass is 9.93. The SMILES string of the molecule is CC(C)n1cc(-c2[nH]nc3c(CN(C)C(=O)c4cc(-c5[nH]nc6c(C7CN(C(=O)c8cc(-c9n[nH]c%10ccnc(OC%11CCOCC%11)c9%10)cn8C(C)C)CCO7)cnc(OC7CCOCC7)c56)cn4C(C)C)cnc(OC4CCOCC4)c23)cc1C(=O)NC1CCC1. The molecule has 4 aliphatic heterocycles. The van der Waals surface area contributed by atoms with Crippen molar-refractivity contribution in [2.24, 2.45) is 0 Å². The molecule has 484 valence electrons. The molecule has 1 aliphatic carbocycles. The van der Waals surface area contributed by atoms with Gasteiger partial charge in [-0.05, 0) is 85.1 Å². The lowest BCUT2D eigenvalue weighted by molar-refractivity contribution is -0.0228. The standard InChI is InChI=1S/C67H81N15O10/c1-37(2)80-33-40(27-50(80)62(83)71-44-9-8-10-44)58-55-60(76-74-58)43(30-69-64(55)91-46-14-22-87-23-15-46)32-78(7)66(84)51-28-42(35-81(51)38(3)4)59-56-61(77-75-59)48(31-70-65(56)92-47-16-24-88-25-17-47)53-36-79(19-26-89-53)67(85)52-29-41(34-82(52)39(5)6)57-54-49(72-73-57)11-18-68-63(54)90-45-12-20-86-21-13-45/h11,18,27-31,33-35,37-39,44-47,53H,8-10,12-17,19-26,32,36H2,1-7H3,(H,71,83)(H,72,73)(H,74,76)(H,75,77). The van der Waals surface area contributed by atoms with Crippen LogP contribution in [0.1, 0.15) is 166 Å². The number of nitrogens with one attached hydrogen (secondary N) is 4. The van der Waals surface area contributed by atoms with Crippen molar-refractivity contribution in [1.29, 1.82) is 0 Å². The average molecular weight is 1260 g/mol. The Labute approximate surface area is 532 Å². The van der Waals surface area contributed by atoms with Crippen LogP contribution in [-0.4, -0.2) is 178 Å². The minimum Gasteiger partial charge on any atom is -0.474 e. The molecular weight excluding hydrogens is 1170 g/mol. The monoisotopic (exact) mass is 1260 g/mol. The van der Waals surface area contributed by atoms with Gasteiger partial charge in [0, 0.05) is 148 Å². The molecule has 0 spiro atoms. The molecule has 0 bridgehead atoms. The van der Waals surface area contributed by atoms with Gasteiger partial charge < -0.3 is 62.0 Å². The molecule has 13 heterocycles. The van der Waals surface area contributed by atoms with Gasteiger partial charge in [-0.15, -0.1) is 0 Å². The first-order chi connectivity index (χ1) is 44.7. The Hall–Kier alpha value is -8.65. The van der Waals surface area contributed by atoms with Gasteiger partial charge in [-0.25, -0.2) is 15.0 Å². The summed E-state index contributed by atoms with van der Waals surface area (Å²) < 4.78 is 49.4. The Morgan fingerprint density at radius 3 is 1.75 bits per heavy atom. The van der Waals surface area contributed by atoms with Gasteiger partial charge in [0.25, 0.3) is 17.7 Å². The quantitative estimate of drug-likeness (QED) is 0.0586. The number of nitrogens with zero attached hydrogens (tertiary/aromatic N) is 11. The van der Waals surface area contributed by atoms with Crippen molar-refractivity contribution in [1.82, 2.24) is 74.4 Å². The first kappa shape index (κ1) is 60.9. The molecule has 1 saturated carbocycles. The zero-order valence-corrected chi connectivity index (χ0v) is 53.3. The Morgan fingerprint density at radius 1 is 0.620 bits per heavy atom. The first-order valence-corrected chi connectivity index (χ1v) is 32.7. The maximum atomic E-state index is 15.2. The van der Waals surface area contributed by atoms with Crippen LogP contribution in [0.25, 0.3) is 66.5 Å². The fourth-order valence-electron chi connectivity index (χ4n) is 13.3. The number of aromatic amines is 3. The Bertz CT molecular complexity index is 4170. The van der Waals surface area contributed by atoms with E-state index in [1.807, 2.05) is 75.3 Å². The molecule has 4 N–H and O–H groups in total. The predicted molar refractivity (Wildman–Crippen MR) is 342 cm³/mol. The molecule has 9 aromatic heterocycles. The predicted octanol–water partition coefficient (Wildman–Crippen LogP) is 10.1. The number of ether oxygens (including phenoxy) is 7. The zero-order valence-electron chi connectivity index (χ0n) is 53.3. The van der Waals surface area contributed by atoms with E-state index in [9.17, 15) is 4.79 Å². The summed E-state index contributed by atoms with van der Waals surface area (Å²) in [4.78, 5) is 62.0. The molecule has 3 amide bonds. The molecule has 0 radical (unpaired) electrons. The van der Waals surface area contributed by atoms with Crippen LogP contribution in [0.4, 0.5) is 0 Å². The van der Waals surface area contributed by atoms with E-state index in [1.165, 1.54) is 0 Å².